The molecule has 0 aliphatic heterocycles. The normalized spacial score (nSPS) is 14.3. The predicted molar refractivity (Wildman–Crippen MR) is 84.5 cm³/mol. The zero-order valence-electron chi connectivity index (χ0n) is 12.0. The minimum Gasteiger partial charge on any atom is -0.370 e. The molecule has 4 nitrogen and oxygen atoms in total. The molecule has 20 heavy (non-hydrogen) atoms. The molecule has 0 bridgehead atoms. The Morgan fingerprint density at radius 2 is 2.25 bits per heavy atom. The molecular weight excluding hydrogens is 268 g/mol. The molecule has 2 aromatic heterocycles. The van der Waals surface area contributed by atoms with Crippen LogP contribution in [-0.4, -0.2) is 22.6 Å². The Balaban J connectivity index is 1.89. The van der Waals surface area contributed by atoms with E-state index in [4.69, 9.17) is 0 Å². The third-order valence-corrected chi connectivity index (χ3v) is 4.43. The summed E-state index contributed by atoms with van der Waals surface area (Å²) >= 11 is 1.81. The van der Waals surface area contributed by atoms with Crippen LogP contribution >= 0.6 is 11.3 Å². The van der Waals surface area contributed by atoms with Gasteiger partial charge in [-0.3, -0.25) is 0 Å². The molecule has 1 saturated carbocycles. The molecule has 1 aliphatic carbocycles. The lowest BCUT2D eigenvalue weighted by molar-refractivity contribution is 0.778. The third-order valence-electron chi connectivity index (χ3n) is 3.57. The molecule has 2 heterocycles. The van der Waals surface area contributed by atoms with Crippen molar-refractivity contribution in [3.05, 3.63) is 34.3 Å². The van der Waals surface area contributed by atoms with E-state index in [1.807, 2.05) is 11.3 Å². The smallest absolute Gasteiger partial charge is 0.137 e. The summed E-state index contributed by atoms with van der Waals surface area (Å²) in [6.07, 6.45) is 4.21. The van der Waals surface area contributed by atoms with Gasteiger partial charge in [0.2, 0.25) is 0 Å². The first-order valence-corrected chi connectivity index (χ1v) is 8.02. The van der Waals surface area contributed by atoms with Crippen LogP contribution in [0.4, 0.5) is 11.6 Å². The molecule has 0 aromatic carbocycles. The maximum atomic E-state index is 4.54. The maximum absolute atomic E-state index is 4.54. The lowest BCUT2D eigenvalue weighted by atomic mass is 10.2. The summed E-state index contributed by atoms with van der Waals surface area (Å²) in [5, 5.41) is 5.45. The molecule has 0 atom stereocenters. The highest BCUT2D eigenvalue weighted by Crippen LogP contribution is 2.35. The number of nitrogens with one attached hydrogen (secondary N) is 1. The standard InChI is InChI=1S/C15H20N4S/c1-3-16-14-11(2)15(18-10-17-14)19(12-6-7-12)9-13-5-4-8-20-13/h4-5,8,10,12H,3,6-7,9H2,1-2H3,(H,16,17,18). The van der Waals surface area contributed by atoms with Gasteiger partial charge in [-0.25, -0.2) is 9.97 Å². The van der Waals surface area contributed by atoms with Crippen molar-refractivity contribution in [1.82, 2.24) is 9.97 Å². The zero-order valence-corrected chi connectivity index (χ0v) is 12.8. The summed E-state index contributed by atoms with van der Waals surface area (Å²) < 4.78 is 0. The largest absolute Gasteiger partial charge is 0.370 e. The number of hydrogen-bond acceptors (Lipinski definition) is 5. The van der Waals surface area contributed by atoms with E-state index in [-0.39, 0.29) is 0 Å². The molecule has 0 amide bonds. The van der Waals surface area contributed by atoms with Gasteiger partial charge in [0.05, 0.1) is 6.54 Å². The summed E-state index contributed by atoms with van der Waals surface area (Å²) in [6.45, 7) is 6.03. The lowest BCUT2D eigenvalue weighted by Gasteiger charge is -2.25. The van der Waals surface area contributed by atoms with Gasteiger partial charge in [0.1, 0.15) is 18.0 Å². The van der Waals surface area contributed by atoms with Gasteiger partial charge in [0.15, 0.2) is 0 Å². The fraction of sp³-hybridized carbons (Fsp3) is 0.467. The van der Waals surface area contributed by atoms with Crippen LogP contribution in [0.25, 0.3) is 0 Å². The molecule has 0 spiro atoms. The topological polar surface area (TPSA) is 41.1 Å². The van der Waals surface area contributed by atoms with Crippen molar-refractivity contribution < 1.29 is 0 Å². The van der Waals surface area contributed by atoms with Crippen LogP contribution in [0, 0.1) is 6.92 Å². The number of aromatic nitrogens is 2. The van der Waals surface area contributed by atoms with E-state index >= 15 is 0 Å². The maximum Gasteiger partial charge on any atom is 0.137 e. The number of nitrogens with zero attached hydrogens (tertiary/aromatic N) is 3. The first-order valence-electron chi connectivity index (χ1n) is 7.14. The highest BCUT2D eigenvalue weighted by Gasteiger charge is 2.31. The minimum atomic E-state index is 0.639. The second-order valence-electron chi connectivity index (χ2n) is 5.14. The van der Waals surface area contributed by atoms with E-state index < -0.39 is 0 Å². The number of hydrogen-bond donors (Lipinski definition) is 1. The molecule has 5 heteroatoms. The van der Waals surface area contributed by atoms with Crippen LogP contribution in [0.5, 0.6) is 0 Å². The van der Waals surface area contributed by atoms with E-state index in [0.29, 0.717) is 6.04 Å². The fourth-order valence-corrected chi connectivity index (χ4v) is 3.11. The summed E-state index contributed by atoms with van der Waals surface area (Å²) in [4.78, 5) is 12.7. The average Bonchev–Trinajstić information content (AvgIpc) is 3.16. The van der Waals surface area contributed by atoms with E-state index in [0.717, 1.165) is 30.3 Å². The first-order chi connectivity index (χ1) is 9.79. The molecule has 1 aliphatic rings. The van der Waals surface area contributed by atoms with Crippen LogP contribution in [0.15, 0.2) is 23.8 Å². The molecular formula is C15H20N4S. The Labute approximate surface area is 123 Å². The highest BCUT2D eigenvalue weighted by molar-refractivity contribution is 7.09. The van der Waals surface area contributed by atoms with Gasteiger partial charge in [-0.2, -0.15) is 0 Å². The molecule has 0 saturated heterocycles. The zero-order chi connectivity index (χ0) is 13.9. The van der Waals surface area contributed by atoms with Crippen LogP contribution < -0.4 is 10.2 Å². The molecule has 1 N–H and O–H groups in total. The van der Waals surface area contributed by atoms with Gasteiger partial charge in [-0.1, -0.05) is 6.07 Å². The minimum absolute atomic E-state index is 0.639. The van der Waals surface area contributed by atoms with E-state index in [1.54, 1.807) is 6.33 Å². The lowest BCUT2D eigenvalue weighted by Crippen LogP contribution is -2.27. The number of anilines is 2. The molecule has 0 unspecified atom stereocenters. The second kappa shape index (κ2) is 5.79. The van der Waals surface area contributed by atoms with Crippen molar-refractivity contribution >= 4 is 23.0 Å². The van der Waals surface area contributed by atoms with Crippen molar-refractivity contribution in [2.75, 3.05) is 16.8 Å². The Bertz CT molecular complexity index is 563. The van der Waals surface area contributed by atoms with Gasteiger partial charge in [0.25, 0.3) is 0 Å². The van der Waals surface area contributed by atoms with E-state index in [1.165, 1.54) is 17.7 Å². The SMILES string of the molecule is CCNc1ncnc(N(Cc2cccs2)C2CC2)c1C. The summed E-state index contributed by atoms with van der Waals surface area (Å²) in [6, 6.07) is 4.95. The molecule has 3 rings (SSSR count). The second-order valence-corrected chi connectivity index (χ2v) is 6.17. The van der Waals surface area contributed by atoms with Gasteiger partial charge in [0, 0.05) is 23.0 Å². The van der Waals surface area contributed by atoms with Gasteiger partial charge >= 0.3 is 0 Å². The van der Waals surface area contributed by atoms with Gasteiger partial charge in [-0.15, -0.1) is 11.3 Å². The number of thiophene rings is 1. The van der Waals surface area contributed by atoms with Gasteiger partial charge in [-0.05, 0) is 38.1 Å². The monoisotopic (exact) mass is 288 g/mol. The van der Waals surface area contributed by atoms with Gasteiger partial charge < -0.3 is 10.2 Å². The average molecular weight is 288 g/mol. The van der Waals surface area contributed by atoms with Crippen molar-refractivity contribution in [3.8, 4) is 0 Å². The number of rotatable bonds is 6. The predicted octanol–water partition coefficient (Wildman–Crippen LogP) is 3.45. The Kier molecular flexibility index (Phi) is 3.87. The fourth-order valence-electron chi connectivity index (χ4n) is 2.41. The van der Waals surface area contributed by atoms with Crippen LogP contribution in [0.1, 0.15) is 30.2 Å². The van der Waals surface area contributed by atoms with Crippen LogP contribution in [0.2, 0.25) is 0 Å². The quantitative estimate of drug-likeness (QED) is 0.884. The summed E-state index contributed by atoms with van der Waals surface area (Å²) in [5.41, 5.74) is 1.15. The highest BCUT2D eigenvalue weighted by atomic mass is 32.1. The Morgan fingerprint density at radius 3 is 2.90 bits per heavy atom. The molecule has 1 fully saturated rings. The molecule has 106 valence electrons. The van der Waals surface area contributed by atoms with Crippen molar-refractivity contribution in [2.45, 2.75) is 39.3 Å². The van der Waals surface area contributed by atoms with E-state index in [2.05, 4.69) is 51.5 Å². The van der Waals surface area contributed by atoms with Crippen molar-refractivity contribution in [2.24, 2.45) is 0 Å². The molecule has 2 aromatic rings. The first kappa shape index (κ1) is 13.4. The Hall–Kier alpha value is -1.62. The Morgan fingerprint density at radius 1 is 1.40 bits per heavy atom. The summed E-state index contributed by atoms with van der Waals surface area (Å²) in [7, 11) is 0. The van der Waals surface area contributed by atoms with Crippen LogP contribution in [-0.2, 0) is 6.54 Å². The van der Waals surface area contributed by atoms with Crippen molar-refractivity contribution in [1.29, 1.82) is 0 Å². The summed E-state index contributed by atoms with van der Waals surface area (Å²) in [5.74, 6) is 2.03. The van der Waals surface area contributed by atoms with Crippen LogP contribution in [0.3, 0.4) is 0 Å². The van der Waals surface area contributed by atoms with E-state index in [9.17, 15) is 0 Å². The third kappa shape index (κ3) is 2.77. The van der Waals surface area contributed by atoms with Crippen molar-refractivity contribution in [3.63, 3.8) is 0 Å². The molecule has 0 radical (unpaired) electrons.